The maximum atomic E-state index is 12.0. The monoisotopic (exact) mass is 439 g/mol. The fraction of sp³-hybridized carbons (Fsp3) is 1.00. The van der Waals surface area contributed by atoms with Crippen LogP contribution in [0.2, 0.25) is 0 Å². The van der Waals surface area contributed by atoms with Gasteiger partial charge < -0.3 is 18.4 Å². The lowest BCUT2D eigenvalue weighted by Gasteiger charge is -2.30. The molecular weight excluding hydrogens is 389 g/mol. The molecule has 0 saturated heterocycles. The molecule has 0 N–H and O–H groups in total. The van der Waals surface area contributed by atoms with Crippen LogP contribution in [0.1, 0.15) is 104 Å². The van der Waals surface area contributed by atoms with Crippen molar-refractivity contribution in [1.29, 1.82) is 0 Å². The van der Waals surface area contributed by atoms with Crippen LogP contribution in [-0.4, -0.2) is 45.4 Å². The molecule has 1 unspecified atom stereocenters. The van der Waals surface area contributed by atoms with E-state index < -0.39 is 6.72 Å². The number of hydrogen-bond donors (Lipinski definition) is 0. The Labute approximate surface area is 182 Å². The molecule has 1 atom stereocenters. The van der Waals surface area contributed by atoms with Crippen LogP contribution in [-0.2, 0) is 20.9 Å². The van der Waals surface area contributed by atoms with Gasteiger partial charge in [-0.2, -0.15) is 0 Å². The van der Waals surface area contributed by atoms with Crippen LogP contribution in [0.3, 0.4) is 0 Å². The first-order chi connectivity index (χ1) is 12.8. The van der Waals surface area contributed by atoms with Crippen LogP contribution in [0.5, 0.6) is 0 Å². The van der Waals surface area contributed by atoms with Crippen LogP contribution >= 0.6 is 6.72 Å². The molecule has 28 heavy (non-hydrogen) atoms. The van der Waals surface area contributed by atoms with E-state index >= 15 is 0 Å². The SMILES string of the molecule is C.CCCCCCCCCCCCCCCCOP([O-])(=S)OCC[N+](C)(C)C. The molecule has 0 aromatic heterocycles. The first-order valence-corrected chi connectivity index (χ1v) is 13.7. The highest BCUT2D eigenvalue weighted by molar-refractivity contribution is 8.06. The molecule has 0 radical (unpaired) electrons. The predicted molar refractivity (Wildman–Crippen MR) is 126 cm³/mol. The lowest BCUT2D eigenvalue weighted by molar-refractivity contribution is -0.870. The highest BCUT2D eigenvalue weighted by Gasteiger charge is 2.09. The molecule has 0 aliphatic carbocycles. The number of likely N-dealkylation sites (N-methyl/N-ethyl adjacent to an activating group) is 1. The smallest absolute Gasteiger partial charge is 0.115 e. The molecule has 0 amide bonds. The summed E-state index contributed by atoms with van der Waals surface area (Å²) in [6.45, 7) is 0.572. The van der Waals surface area contributed by atoms with E-state index in [9.17, 15) is 4.89 Å². The van der Waals surface area contributed by atoms with E-state index in [1.54, 1.807) is 0 Å². The zero-order valence-electron chi connectivity index (χ0n) is 18.5. The molecular formula is C22H50NO3PS. The van der Waals surface area contributed by atoms with Gasteiger partial charge in [-0.3, -0.25) is 0 Å². The van der Waals surface area contributed by atoms with Crippen LogP contribution in [0.25, 0.3) is 0 Å². The summed E-state index contributed by atoms with van der Waals surface area (Å²) in [6.07, 6.45) is 18.5. The molecule has 0 aromatic rings. The summed E-state index contributed by atoms with van der Waals surface area (Å²) in [6, 6.07) is 0. The van der Waals surface area contributed by atoms with E-state index in [2.05, 4.69) is 28.1 Å². The standard InChI is InChI=1S/C21H46NO3PS.CH4/c1-5-6-7-8-9-10-11-12-13-14-15-16-17-18-20-24-26(23,27)25-21-19-22(2,3)4;/h5-21H2,1-4H3;1H4. The van der Waals surface area contributed by atoms with Gasteiger partial charge >= 0.3 is 0 Å². The second-order valence-electron chi connectivity index (χ2n) is 8.72. The normalized spacial score (nSPS) is 13.9. The molecule has 0 bridgehead atoms. The summed E-state index contributed by atoms with van der Waals surface area (Å²) in [7, 11) is 6.19. The minimum atomic E-state index is -3.29. The summed E-state index contributed by atoms with van der Waals surface area (Å²) in [5.74, 6) is 0. The van der Waals surface area contributed by atoms with Crippen molar-refractivity contribution in [3.63, 3.8) is 0 Å². The third-order valence-corrected chi connectivity index (χ3v) is 6.39. The molecule has 0 aliphatic rings. The number of rotatable bonds is 20. The Bertz CT molecular complexity index is 375. The second kappa shape index (κ2) is 19.5. The van der Waals surface area contributed by atoms with Crippen LogP contribution in [0.15, 0.2) is 0 Å². The summed E-state index contributed by atoms with van der Waals surface area (Å²) < 4.78 is 11.3. The van der Waals surface area contributed by atoms with Crippen LogP contribution < -0.4 is 4.89 Å². The first-order valence-electron chi connectivity index (χ1n) is 11.2. The van der Waals surface area contributed by atoms with Crippen LogP contribution in [0, 0.1) is 0 Å². The van der Waals surface area contributed by atoms with Crippen molar-refractivity contribution >= 4 is 18.5 Å². The van der Waals surface area contributed by atoms with Crippen molar-refractivity contribution in [2.45, 2.75) is 104 Å². The van der Waals surface area contributed by atoms with Gasteiger partial charge in [0.2, 0.25) is 0 Å². The second-order valence-corrected chi connectivity index (χ2v) is 11.5. The maximum absolute atomic E-state index is 12.0. The van der Waals surface area contributed by atoms with Gasteiger partial charge in [-0.25, -0.2) is 0 Å². The number of nitrogens with zero attached hydrogens (tertiary/aromatic N) is 1. The molecule has 0 aliphatic heterocycles. The Morgan fingerprint density at radius 1 is 0.679 bits per heavy atom. The van der Waals surface area contributed by atoms with Gasteiger partial charge in [0.05, 0.1) is 27.7 Å². The quantitative estimate of drug-likeness (QED) is 0.125. The Hall–Kier alpha value is 0.490. The lowest BCUT2D eigenvalue weighted by Crippen LogP contribution is -2.37. The molecule has 4 nitrogen and oxygen atoms in total. The van der Waals surface area contributed by atoms with Crippen molar-refractivity contribution in [1.82, 2.24) is 0 Å². The lowest BCUT2D eigenvalue weighted by atomic mass is 10.0. The van der Waals surface area contributed by atoms with Crippen molar-refractivity contribution in [3.05, 3.63) is 0 Å². The Balaban J connectivity index is 0. The van der Waals surface area contributed by atoms with E-state index in [-0.39, 0.29) is 7.43 Å². The number of hydrogen-bond acceptors (Lipinski definition) is 4. The Kier molecular flexibility index (Phi) is 21.3. The van der Waals surface area contributed by atoms with Gasteiger partial charge in [-0.05, 0) is 6.42 Å². The molecule has 0 spiro atoms. The zero-order valence-corrected chi connectivity index (χ0v) is 20.3. The Morgan fingerprint density at radius 3 is 1.43 bits per heavy atom. The minimum absolute atomic E-state index is 0. The summed E-state index contributed by atoms with van der Waals surface area (Å²) >= 11 is 4.94. The molecule has 172 valence electrons. The third kappa shape index (κ3) is 24.5. The van der Waals surface area contributed by atoms with Crippen molar-refractivity contribution in [3.8, 4) is 0 Å². The highest BCUT2D eigenvalue weighted by Crippen LogP contribution is 2.38. The van der Waals surface area contributed by atoms with Crippen molar-refractivity contribution in [2.24, 2.45) is 0 Å². The summed E-state index contributed by atoms with van der Waals surface area (Å²) in [5, 5.41) is 0. The third-order valence-electron chi connectivity index (χ3n) is 4.76. The predicted octanol–water partition coefficient (Wildman–Crippen LogP) is 6.43. The van der Waals surface area contributed by atoms with E-state index in [4.69, 9.17) is 20.9 Å². The molecule has 0 aromatic carbocycles. The molecule has 0 rings (SSSR count). The molecule has 6 heteroatoms. The zero-order chi connectivity index (χ0) is 20.4. The topological polar surface area (TPSA) is 41.5 Å². The number of quaternary nitrogens is 1. The largest absolute Gasteiger partial charge is 0.780 e. The van der Waals surface area contributed by atoms with Gasteiger partial charge in [0.25, 0.3) is 0 Å². The van der Waals surface area contributed by atoms with Gasteiger partial charge in [-0.1, -0.05) is 110 Å². The van der Waals surface area contributed by atoms with E-state index in [0.29, 0.717) is 13.2 Å². The molecule has 0 fully saturated rings. The van der Waals surface area contributed by atoms with Gasteiger partial charge in [0.1, 0.15) is 19.9 Å². The van der Waals surface area contributed by atoms with Crippen molar-refractivity contribution in [2.75, 3.05) is 40.9 Å². The average Bonchev–Trinajstić information content (AvgIpc) is 2.57. The van der Waals surface area contributed by atoms with E-state index in [1.165, 1.54) is 77.0 Å². The van der Waals surface area contributed by atoms with Crippen LogP contribution in [0.4, 0.5) is 0 Å². The summed E-state index contributed by atoms with van der Waals surface area (Å²) in [5.41, 5.74) is 0. The van der Waals surface area contributed by atoms with Gasteiger partial charge in [0.15, 0.2) is 0 Å². The average molecular weight is 440 g/mol. The first kappa shape index (κ1) is 30.7. The fourth-order valence-electron chi connectivity index (χ4n) is 2.94. The van der Waals surface area contributed by atoms with Gasteiger partial charge in [-0.15, -0.1) is 0 Å². The van der Waals surface area contributed by atoms with Crippen molar-refractivity contribution < 1.29 is 18.4 Å². The van der Waals surface area contributed by atoms with E-state index in [1.807, 2.05) is 0 Å². The number of unbranched alkanes of at least 4 members (excludes halogenated alkanes) is 13. The Morgan fingerprint density at radius 2 is 1.04 bits per heavy atom. The van der Waals surface area contributed by atoms with E-state index in [0.717, 1.165) is 23.9 Å². The van der Waals surface area contributed by atoms with Gasteiger partial charge in [0, 0.05) is 0 Å². The maximum Gasteiger partial charge on any atom is 0.115 e. The fourth-order valence-corrected chi connectivity index (χ4v) is 4.12. The summed E-state index contributed by atoms with van der Waals surface area (Å²) in [4.78, 5) is 12.0. The highest BCUT2D eigenvalue weighted by atomic mass is 32.5. The minimum Gasteiger partial charge on any atom is -0.780 e. The molecule has 0 saturated carbocycles. The molecule has 0 heterocycles.